The number of benzene rings is 1. The highest BCUT2D eigenvalue weighted by Crippen LogP contribution is 2.65. The second-order valence-corrected chi connectivity index (χ2v) is 11.3. The summed E-state index contributed by atoms with van der Waals surface area (Å²) in [6.07, 6.45) is 12.7. The van der Waals surface area contributed by atoms with Crippen LogP contribution >= 0.6 is 0 Å². The Bertz CT molecular complexity index is 1250. The van der Waals surface area contributed by atoms with Crippen LogP contribution in [0.2, 0.25) is 0 Å². The number of rotatable bonds is 1. The fourth-order valence-electron chi connectivity index (χ4n) is 8.39. The molecule has 0 saturated heterocycles. The van der Waals surface area contributed by atoms with Crippen LogP contribution in [0.4, 0.5) is 4.39 Å². The largest absolute Gasteiger partial charge is 0.421 e. The first kappa shape index (κ1) is 20.9. The summed E-state index contributed by atoms with van der Waals surface area (Å²) in [5, 5.41) is 9.95. The zero-order valence-corrected chi connectivity index (χ0v) is 19.4. The summed E-state index contributed by atoms with van der Waals surface area (Å²) in [6.45, 7) is 4.79. The Labute approximate surface area is 194 Å². The van der Waals surface area contributed by atoms with Crippen LogP contribution in [0.15, 0.2) is 45.6 Å². The van der Waals surface area contributed by atoms with Gasteiger partial charge in [-0.2, -0.15) is 5.26 Å². The molecule has 170 valence electrons. The van der Waals surface area contributed by atoms with Crippen LogP contribution in [-0.4, -0.2) is 0 Å². The van der Waals surface area contributed by atoms with Crippen molar-refractivity contribution in [1.82, 2.24) is 0 Å². The minimum Gasteiger partial charge on any atom is -0.421 e. The van der Waals surface area contributed by atoms with Gasteiger partial charge in [0.2, 0.25) is 0 Å². The normalized spacial score (nSPS) is 36.3. The zero-order valence-electron chi connectivity index (χ0n) is 19.4. The van der Waals surface area contributed by atoms with Crippen LogP contribution in [0.25, 0.3) is 11.3 Å². The number of nitriles is 1. The molecule has 2 fully saturated rings. The lowest BCUT2D eigenvalue weighted by atomic mass is 9.46. The molecule has 2 saturated carbocycles. The summed E-state index contributed by atoms with van der Waals surface area (Å²) in [7, 11) is 0. The second-order valence-electron chi connectivity index (χ2n) is 11.3. The summed E-state index contributed by atoms with van der Waals surface area (Å²) in [4.78, 5) is 12.9. The molecule has 4 aliphatic carbocycles. The fourth-order valence-corrected chi connectivity index (χ4v) is 8.39. The van der Waals surface area contributed by atoms with E-state index < -0.39 is 5.63 Å². The monoisotopic (exact) mass is 443 g/mol. The van der Waals surface area contributed by atoms with E-state index in [1.54, 1.807) is 12.1 Å². The molecular formula is C29H30FNO2. The third-order valence-electron chi connectivity index (χ3n) is 9.99. The van der Waals surface area contributed by atoms with Gasteiger partial charge in [-0.3, -0.25) is 0 Å². The van der Waals surface area contributed by atoms with E-state index in [4.69, 9.17) is 4.42 Å². The Morgan fingerprint density at radius 1 is 1.09 bits per heavy atom. The lowest BCUT2D eigenvalue weighted by Crippen LogP contribution is -2.52. The van der Waals surface area contributed by atoms with Crippen molar-refractivity contribution >= 4 is 0 Å². The highest BCUT2D eigenvalue weighted by Gasteiger charge is 2.59. The smallest absolute Gasteiger partial charge is 0.354 e. The number of nitrogens with zero attached hydrogens (tertiary/aromatic N) is 1. The molecule has 0 amide bonds. The first-order valence-corrected chi connectivity index (χ1v) is 12.4. The third-order valence-corrected chi connectivity index (χ3v) is 9.99. The predicted molar refractivity (Wildman–Crippen MR) is 125 cm³/mol. The van der Waals surface area contributed by atoms with E-state index >= 15 is 0 Å². The Morgan fingerprint density at radius 3 is 2.64 bits per heavy atom. The van der Waals surface area contributed by atoms with Gasteiger partial charge in [-0.25, -0.2) is 9.18 Å². The SMILES string of the molecule is C[C@]12CCC=CC1CC[C@@H]1[C@@H]2CC[C@]2(C)c3c(c(-c4ccc(F)cc4)oc(=O)c3C#N)C[C@@H]12. The Morgan fingerprint density at radius 2 is 1.88 bits per heavy atom. The van der Waals surface area contributed by atoms with Gasteiger partial charge in [-0.15, -0.1) is 0 Å². The highest BCUT2D eigenvalue weighted by atomic mass is 19.1. The van der Waals surface area contributed by atoms with Gasteiger partial charge in [0, 0.05) is 11.1 Å². The van der Waals surface area contributed by atoms with Crippen molar-refractivity contribution < 1.29 is 8.81 Å². The number of fused-ring (bicyclic) bond motifs is 7. The van der Waals surface area contributed by atoms with Gasteiger partial charge in [0.1, 0.15) is 23.2 Å². The fraction of sp³-hybridized carbons (Fsp3) is 0.517. The maximum Gasteiger partial charge on any atom is 0.354 e. The van der Waals surface area contributed by atoms with E-state index in [9.17, 15) is 14.4 Å². The molecule has 33 heavy (non-hydrogen) atoms. The minimum absolute atomic E-state index is 0.180. The van der Waals surface area contributed by atoms with E-state index in [2.05, 4.69) is 32.1 Å². The highest BCUT2D eigenvalue weighted by molar-refractivity contribution is 5.67. The molecular weight excluding hydrogens is 413 g/mol. The van der Waals surface area contributed by atoms with Crippen LogP contribution < -0.4 is 5.63 Å². The van der Waals surface area contributed by atoms with Gasteiger partial charge in [-0.1, -0.05) is 26.0 Å². The quantitative estimate of drug-likeness (QED) is 0.470. The predicted octanol–water partition coefficient (Wildman–Crippen LogP) is 6.54. The van der Waals surface area contributed by atoms with Crippen molar-refractivity contribution in [2.45, 2.75) is 64.2 Å². The summed E-state index contributed by atoms with van der Waals surface area (Å²) in [6, 6.07) is 8.34. The lowest BCUT2D eigenvalue weighted by molar-refractivity contribution is -0.0652. The van der Waals surface area contributed by atoms with E-state index in [-0.39, 0.29) is 16.8 Å². The Balaban J connectivity index is 1.49. The molecule has 0 N–H and O–H groups in total. The first-order valence-electron chi connectivity index (χ1n) is 12.4. The van der Waals surface area contributed by atoms with Gasteiger partial charge in [-0.05, 0) is 109 Å². The Kier molecular flexibility index (Phi) is 4.54. The van der Waals surface area contributed by atoms with Crippen molar-refractivity contribution in [3.8, 4) is 17.4 Å². The summed E-state index contributed by atoms with van der Waals surface area (Å²) < 4.78 is 19.3. The van der Waals surface area contributed by atoms with Crippen LogP contribution in [0.5, 0.6) is 0 Å². The van der Waals surface area contributed by atoms with Crippen molar-refractivity contribution in [1.29, 1.82) is 5.26 Å². The van der Waals surface area contributed by atoms with Gasteiger partial charge in [0.25, 0.3) is 0 Å². The van der Waals surface area contributed by atoms with Crippen LogP contribution in [0.1, 0.15) is 69.1 Å². The summed E-state index contributed by atoms with van der Waals surface area (Å²) >= 11 is 0. The maximum absolute atomic E-state index is 13.6. The molecule has 0 aliphatic heterocycles. The van der Waals surface area contributed by atoms with Gasteiger partial charge < -0.3 is 4.42 Å². The van der Waals surface area contributed by atoms with Crippen molar-refractivity contribution in [2.75, 3.05) is 0 Å². The van der Waals surface area contributed by atoms with Crippen LogP contribution in [0.3, 0.4) is 0 Å². The molecule has 0 bridgehead atoms. The molecule has 2 aromatic rings. The molecule has 0 radical (unpaired) electrons. The average molecular weight is 444 g/mol. The maximum atomic E-state index is 13.6. The van der Waals surface area contributed by atoms with Crippen molar-refractivity contribution in [2.24, 2.45) is 29.1 Å². The number of allylic oxidation sites excluding steroid dienone is 2. The average Bonchev–Trinajstić information content (AvgIpc) is 3.12. The van der Waals surface area contributed by atoms with Crippen molar-refractivity contribution in [3.05, 3.63) is 69.3 Å². The van der Waals surface area contributed by atoms with Crippen molar-refractivity contribution in [3.63, 3.8) is 0 Å². The van der Waals surface area contributed by atoms with E-state index in [1.807, 2.05) is 0 Å². The third kappa shape index (κ3) is 2.81. The standard InChI is InChI=1S/C29H30FNO2/c1-28-13-4-3-5-18(28)8-11-20-23(28)12-14-29(2)24(20)15-21-25(29)22(16-31)27(32)33-26(21)17-6-9-19(30)10-7-17/h3,5-7,9-10,18,20,23-24H,4,8,11-15H2,1-2H3/t18?,20-,23+,24+,28+,29+/m1/s1. The summed E-state index contributed by atoms with van der Waals surface area (Å²) in [5.41, 5.74) is 2.40. The number of halogens is 1. The van der Waals surface area contributed by atoms with Gasteiger partial charge in [0.15, 0.2) is 0 Å². The van der Waals surface area contributed by atoms with Gasteiger partial charge in [0.05, 0.1) is 0 Å². The molecule has 4 aliphatic rings. The topological polar surface area (TPSA) is 54.0 Å². The molecule has 6 atom stereocenters. The zero-order chi connectivity index (χ0) is 23.0. The molecule has 0 spiro atoms. The van der Waals surface area contributed by atoms with Gasteiger partial charge >= 0.3 is 5.63 Å². The van der Waals surface area contributed by atoms with Crippen LogP contribution in [0, 0.1) is 46.2 Å². The van der Waals surface area contributed by atoms with Crippen LogP contribution in [-0.2, 0) is 11.8 Å². The summed E-state index contributed by atoms with van der Waals surface area (Å²) in [5.74, 6) is 2.55. The van der Waals surface area contributed by atoms with E-state index in [1.165, 1.54) is 37.8 Å². The lowest BCUT2D eigenvalue weighted by Gasteiger charge is -2.59. The number of hydrogen-bond acceptors (Lipinski definition) is 3. The minimum atomic E-state index is -0.562. The number of hydrogen-bond donors (Lipinski definition) is 0. The molecule has 4 heteroatoms. The Hall–Kier alpha value is -2.67. The van der Waals surface area contributed by atoms with E-state index in [0.29, 0.717) is 40.4 Å². The molecule has 1 heterocycles. The molecule has 1 aromatic heterocycles. The molecule has 3 nitrogen and oxygen atoms in total. The molecule has 1 aromatic carbocycles. The molecule has 1 unspecified atom stereocenters. The first-order chi connectivity index (χ1) is 15.9. The van der Waals surface area contributed by atoms with E-state index in [0.717, 1.165) is 30.4 Å². The molecule has 6 rings (SSSR count). The second kappa shape index (κ2) is 7.16.